The minimum Gasteiger partial charge on any atom is -0.463 e. The van der Waals surface area contributed by atoms with Crippen LogP contribution in [0.1, 0.15) is 187 Å². The predicted molar refractivity (Wildman–Crippen MR) is 179 cm³/mol. The zero-order valence-corrected chi connectivity index (χ0v) is 28.6. The number of hydrogen-bond acceptors (Lipinski definition) is 5. The molecule has 0 aromatic heterocycles. The molecule has 252 valence electrons. The normalized spacial score (nSPS) is 11.4. The molecule has 0 spiro atoms. The Labute approximate surface area is 262 Å². The van der Waals surface area contributed by atoms with Crippen LogP contribution in [0.3, 0.4) is 0 Å². The van der Waals surface area contributed by atoms with E-state index >= 15 is 0 Å². The average Bonchev–Trinajstić information content (AvgIpc) is 3.00. The second-order valence-corrected chi connectivity index (χ2v) is 12.3. The smallest absolute Gasteiger partial charge is 0.305 e. The molecule has 0 saturated carbocycles. The summed E-state index contributed by atoms with van der Waals surface area (Å²) in [6.07, 6.45) is 35.4. The average molecular weight is 599 g/mol. The van der Waals surface area contributed by atoms with Gasteiger partial charge in [0.2, 0.25) is 0 Å². The molecule has 0 unspecified atom stereocenters. The van der Waals surface area contributed by atoms with Gasteiger partial charge in [0.05, 0.1) is 33.0 Å². The Morgan fingerprint density at radius 3 is 1.00 bits per heavy atom. The van der Waals surface area contributed by atoms with Crippen molar-refractivity contribution in [3.05, 3.63) is 0 Å². The second kappa shape index (κ2) is 38.4. The molecule has 0 fully saturated rings. The van der Waals surface area contributed by atoms with Crippen LogP contribution in [-0.4, -0.2) is 52.2 Å². The molecule has 0 aliphatic rings. The summed E-state index contributed by atoms with van der Waals surface area (Å²) in [6.45, 7) is 8.49. The summed E-state index contributed by atoms with van der Waals surface area (Å²) in [4.78, 5) is 11.9. The predicted octanol–water partition coefficient (Wildman–Crippen LogP) is 11.2. The molecule has 0 aliphatic carbocycles. The van der Waals surface area contributed by atoms with Gasteiger partial charge in [-0.2, -0.15) is 0 Å². The number of carbonyl (C=O) groups is 1. The Hall–Kier alpha value is -0.650. The highest BCUT2D eigenvalue weighted by atomic mass is 16.6. The van der Waals surface area contributed by atoms with Crippen molar-refractivity contribution >= 4 is 5.97 Å². The monoisotopic (exact) mass is 599 g/mol. The van der Waals surface area contributed by atoms with Gasteiger partial charge in [0.1, 0.15) is 6.61 Å². The fourth-order valence-electron chi connectivity index (χ4n) is 5.34. The first-order chi connectivity index (χ1) is 20.8. The fourth-order valence-corrected chi connectivity index (χ4v) is 5.34. The molecule has 0 N–H and O–H groups in total. The molecular formula is C37H74O5. The maximum atomic E-state index is 11.9. The van der Waals surface area contributed by atoms with Gasteiger partial charge in [-0.1, -0.05) is 168 Å². The van der Waals surface area contributed by atoms with E-state index in [1.165, 1.54) is 148 Å². The van der Waals surface area contributed by atoms with Crippen molar-refractivity contribution in [1.82, 2.24) is 0 Å². The quantitative estimate of drug-likeness (QED) is 0.0526. The van der Waals surface area contributed by atoms with Crippen LogP contribution in [0.2, 0.25) is 0 Å². The minimum atomic E-state index is -0.0977. The van der Waals surface area contributed by atoms with Crippen molar-refractivity contribution in [1.29, 1.82) is 0 Å². The zero-order valence-electron chi connectivity index (χ0n) is 28.6. The summed E-state index contributed by atoms with van der Waals surface area (Å²) < 4.78 is 22.0. The molecule has 0 rings (SSSR count). The Morgan fingerprint density at radius 1 is 0.333 bits per heavy atom. The standard InChI is InChI=1S/C37H74O5/c1-3-5-7-9-11-13-15-16-17-18-19-21-23-25-27-29-37(38)42-36-35-41-34-33-40-32-31-39-30-28-26-24-22-20-14-12-10-8-6-4-2/h3-36H2,1-2H3. The largest absolute Gasteiger partial charge is 0.463 e. The lowest BCUT2D eigenvalue weighted by atomic mass is 10.0. The lowest BCUT2D eigenvalue weighted by molar-refractivity contribution is -0.145. The number of hydrogen-bond donors (Lipinski definition) is 0. The summed E-state index contributed by atoms with van der Waals surface area (Å²) >= 11 is 0. The Morgan fingerprint density at radius 2 is 0.619 bits per heavy atom. The van der Waals surface area contributed by atoms with E-state index in [0.717, 1.165) is 25.9 Å². The first-order valence-corrected chi connectivity index (χ1v) is 18.7. The van der Waals surface area contributed by atoms with E-state index < -0.39 is 0 Å². The Bertz CT molecular complexity index is 499. The van der Waals surface area contributed by atoms with Crippen LogP contribution in [0.25, 0.3) is 0 Å². The van der Waals surface area contributed by atoms with E-state index in [2.05, 4.69) is 13.8 Å². The van der Waals surface area contributed by atoms with Crippen molar-refractivity contribution in [3.63, 3.8) is 0 Å². The minimum absolute atomic E-state index is 0.0977. The second-order valence-electron chi connectivity index (χ2n) is 12.3. The van der Waals surface area contributed by atoms with E-state index in [-0.39, 0.29) is 5.97 Å². The molecule has 42 heavy (non-hydrogen) atoms. The topological polar surface area (TPSA) is 54.0 Å². The van der Waals surface area contributed by atoms with E-state index in [1.54, 1.807) is 0 Å². The van der Waals surface area contributed by atoms with Crippen molar-refractivity contribution in [2.45, 2.75) is 187 Å². The molecule has 0 aromatic carbocycles. The maximum absolute atomic E-state index is 11.9. The third-order valence-corrected chi connectivity index (χ3v) is 8.11. The Balaban J connectivity index is 3.13. The van der Waals surface area contributed by atoms with Gasteiger partial charge in [-0.05, 0) is 12.8 Å². The lowest BCUT2D eigenvalue weighted by Crippen LogP contribution is -2.14. The van der Waals surface area contributed by atoms with Gasteiger partial charge in [-0.25, -0.2) is 0 Å². The molecule has 0 aliphatic heterocycles. The van der Waals surface area contributed by atoms with Crippen molar-refractivity contribution < 1.29 is 23.7 Å². The fraction of sp³-hybridized carbons (Fsp3) is 0.973. The summed E-state index contributed by atoms with van der Waals surface area (Å²) in [5.41, 5.74) is 0. The van der Waals surface area contributed by atoms with Crippen LogP contribution in [0, 0.1) is 0 Å². The van der Waals surface area contributed by atoms with Crippen LogP contribution >= 0.6 is 0 Å². The van der Waals surface area contributed by atoms with Crippen LogP contribution < -0.4 is 0 Å². The Kier molecular flexibility index (Phi) is 37.8. The van der Waals surface area contributed by atoms with Crippen LogP contribution in [-0.2, 0) is 23.7 Å². The van der Waals surface area contributed by atoms with Gasteiger partial charge in [-0.3, -0.25) is 4.79 Å². The van der Waals surface area contributed by atoms with E-state index in [0.29, 0.717) is 46.1 Å². The summed E-state index contributed by atoms with van der Waals surface area (Å²) in [7, 11) is 0. The number of ether oxygens (including phenoxy) is 4. The van der Waals surface area contributed by atoms with Crippen LogP contribution in [0.5, 0.6) is 0 Å². The molecule has 5 nitrogen and oxygen atoms in total. The molecule has 0 heterocycles. The summed E-state index contributed by atoms with van der Waals surface area (Å²) in [5.74, 6) is -0.0977. The highest BCUT2D eigenvalue weighted by molar-refractivity contribution is 5.69. The first-order valence-electron chi connectivity index (χ1n) is 18.7. The SMILES string of the molecule is CCCCCCCCCCCCCCCCCC(=O)OCCOCCOCCOCCCCCCCCCCCCC. The van der Waals surface area contributed by atoms with Crippen molar-refractivity contribution in [2.75, 3.05) is 46.2 Å². The number of esters is 1. The van der Waals surface area contributed by atoms with Gasteiger partial charge < -0.3 is 18.9 Å². The number of carbonyl (C=O) groups excluding carboxylic acids is 1. The molecule has 0 radical (unpaired) electrons. The van der Waals surface area contributed by atoms with Crippen LogP contribution in [0.4, 0.5) is 0 Å². The zero-order chi connectivity index (χ0) is 30.4. The molecule has 0 bridgehead atoms. The van der Waals surface area contributed by atoms with Gasteiger partial charge in [0, 0.05) is 13.0 Å². The van der Waals surface area contributed by atoms with Gasteiger partial charge in [0.25, 0.3) is 0 Å². The number of rotatable bonds is 37. The number of unbranched alkanes of at least 4 members (excludes halogenated alkanes) is 24. The highest BCUT2D eigenvalue weighted by Gasteiger charge is 2.03. The summed E-state index contributed by atoms with van der Waals surface area (Å²) in [6, 6.07) is 0. The van der Waals surface area contributed by atoms with Gasteiger partial charge in [-0.15, -0.1) is 0 Å². The lowest BCUT2D eigenvalue weighted by Gasteiger charge is -2.08. The molecular weight excluding hydrogens is 524 g/mol. The van der Waals surface area contributed by atoms with E-state index in [1.807, 2.05) is 0 Å². The van der Waals surface area contributed by atoms with E-state index in [9.17, 15) is 4.79 Å². The molecule has 0 atom stereocenters. The van der Waals surface area contributed by atoms with Crippen LogP contribution in [0.15, 0.2) is 0 Å². The van der Waals surface area contributed by atoms with Gasteiger partial charge >= 0.3 is 5.97 Å². The van der Waals surface area contributed by atoms with Gasteiger partial charge in [0.15, 0.2) is 0 Å². The maximum Gasteiger partial charge on any atom is 0.305 e. The van der Waals surface area contributed by atoms with Crippen molar-refractivity contribution in [3.8, 4) is 0 Å². The molecule has 0 aromatic rings. The molecule has 0 amide bonds. The third-order valence-electron chi connectivity index (χ3n) is 8.11. The highest BCUT2D eigenvalue weighted by Crippen LogP contribution is 2.14. The third kappa shape index (κ3) is 37.4. The first kappa shape index (κ1) is 41.4. The van der Waals surface area contributed by atoms with E-state index in [4.69, 9.17) is 18.9 Å². The molecule has 0 saturated heterocycles. The molecule has 5 heteroatoms. The van der Waals surface area contributed by atoms with Crippen molar-refractivity contribution in [2.24, 2.45) is 0 Å². The summed E-state index contributed by atoms with van der Waals surface area (Å²) in [5, 5.41) is 0.